The fourth-order valence-electron chi connectivity index (χ4n) is 2.74. The van der Waals surface area contributed by atoms with E-state index in [1.54, 1.807) is 41.3 Å². The largest absolute Gasteiger partial charge is 0.348 e. The molecule has 2 aromatic rings. The second kappa shape index (κ2) is 7.01. The molecular formula is C18H16ClFN2O2. The zero-order valence-corrected chi connectivity index (χ0v) is 13.6. The maximum atomic E-state index is 13.6. The Morgan fingerprint density at radius 2 is 2.04 bits per heavy atom. The van der Waals surface area contributed by atoms with Crippen LogP contribution in [0.5, 0.6) is 0 Å². The van der Waals surface area contributed by atoms with Crippen LogP contribution in [0.3, 0.4) is 0 Å². The molecule has 2 amide bonds. The van der Waals surface area contributed by atoms with Crippen LogP contribution in [0.15, 0.2) is 42.5 Å². The lowest BCUT2D eigenvalue weighted by atomic mass is 10.1. The Balaban J connectivity index is 1.82. The first-order valence-electron chi connectivity index (χ1n) is 7.68. The van der Waals surface area contributed by atoms with Crippen molar-refractivity contribution in [3.05, 3.63) is 64.4 Å². The topological polar surface area (TPSA) is 49.4 Å². The van der Waals surface area contributed by atoms with Crippen LogP contribution in [0.25, 0.3) is 0 Å². The second-order valence-corrected chi connectivity index (χ2v) is 6.02. The van der Waals surface area contributed by atoms with Gasteiger partial charge in [-0.3, -0.25) is 9.59 Å². The van der Waals surface area contributed by atoms with Crippen molar-refractivity contribution in [3.63, 3.8) is 0 Å². The molecule has 0 radical (unpaired) electrons. The number of benzene rings is 2. The number of carbonyl (C=O) groups is 2. The van der Waals surface area contributed by atoms with Crippen LogP contribution in [0.4, 0.5) is 10.1 Å². The molecule has 1 heterocycles. The minimum atomic E-state index is -0.371. The Hall–Kier alpha value is -2.40. The lowest BCUT2D eigenvalue weighted by Gasteiger charge is -2.19. The normalized spacial score (nSPS) is 14.1. The predicted molar refractivity (Wildman–Crippen MR) is 90.6 cm³/mol. The number of hydrogen-bond acceptors (Lipinski definition) is 2. The Kier molecular flexibility index (Phi) is 4.81. The standard InChI is InChI=1S/C18H16ClFN2O2/c19-13-7-8-14(16(10-13)22-9-3-6-17(22)23)18(24)21-11-12-4-1-2-5-15(12)20/h1-2,4-5,7-8,10H,3,6,9,11H2,(H,21,24). The van der Waals surface area contributed by atoms with Gasteiger partial charge in [-0.15, -0.1) is 0 Å². The van der Waals surface area contributed by atoms with Gasteiger partial charge in [0, 0.05) is 30.1 Å². The third-order valence-electron chi connectivity index (χ3n) is 3.97. The van der Waals surface area contributed by atoms with Crippen LogP contribution >= 0.6 is 11.6 Å². The molecule has 124 valence electrons. The first kappa shape index (κ1) is 16.5. The lowest BCUT2D eigenvalue weighted by molar-refractivity contribution is -0.117. The molecule has 1 aliphatic heterocycles. The molecule has 4 nitrogen and oxygen atoms in total. The van der Waals surface area contributed by atoms with Crippen molar-refractivity contribution in [2.75, 3.05) is 11.4 Å². The van der Waals surface area contributed by atoms with Crippen molar-refractivity contribution >= 4 is 29.1 Å². The summed E-state index contributed by atoms with van der Waals surface area (Å²) in [5.74, 6) is -0.770. The number of halogens is 2. The molecule has 1 fully saturated rings. The molecule has 0 aliphatic carbocycles. The summed E-state index contributed by atoms with van der Waals surface area (Å²) in [6, 6.07) is 11.1. The summed E-state index contributed by atoms with van der Waals surface area (Å²) in [5.41, 5.74) is 1.25. The molecule has 0 atom stereocenters. The zero-order chi connectivity index (χ0) is 17.1. The van der Waals surface area contributed by atoms with Gasteiger partial charge >= 0.3 is 0 Å². The molecule has 1 aliphatic rings. The Morgan fingerprint density at radius 3 is 2.75 bits per heavy atom. The fourth-order valence-corrected chi connectivity index (χ4v) is 2.90. The Labute approximate surface area is 144 Å². The highest BCUT2D eigenvalue weighted by molar-refractivity contribution is 6.31. The van der Waals surface area contributed by atoms with Gasteiger partial charge in [0.2, 0.25) is 5.91 Å². The maximum Gasteiger partial charge on any atom is 0.253 e. The summed E-state index contributed by atoms with van der Waals surface area (Å²) < 4.78 is 13.6. The van der Waals surface area contributed by atoms with E-state index in [9.17, 15) is 14.0 Å². The monoisotopic (exact) mass is 346 g/mol. The van der Waals surface area contributed by atoms with Gasteiger partial charge in [-0.25, -0.2) is 4.39 Å². The molecule has 1 saturated heterocycles. The predicted octanol–water partition coefficient (Wildman–Crippen LogP) is 3.54. The van der Waals surface area contributed by atoms with E-state index in [1.807, 2.05) is 0 Å². The van der Waals surface area contributed by atoms with E-state index in [1.165, 1.54) is 6.07 Å². The number of nitrogens with one attached hydrogen (secondary N) is 1. The number of amides is 2. The smallest absolute Gasteiger partial charge is 0.253 e. The van der Waals surface area contributed by atoms with Gasteiger partial charge in [-0.1, -0.05) is 29.8 Å². The molecule has 0 aromatic heterocycles. The van der Waals surface area contributed by atoms with Gasteiger partial charge in [-0.2, -0.15) is 0 Å². The van der Waals surface area contributed by atoms with Crippen molar-refractivity contribution in [1.82, 2.24) is 5.32 Å². The average Bonchev–Trinajstić information content (AvgIpc) is 2.99. The highest BCUT2D eigenvalue weighted by Gasteiger charge is 2.26. The number of nitrogens with zero attached hydrogens (tertiary/aromatic N) is 1. The fraction of sp³-hybridized carbons (Fsp3) is 0.222. The zero-order valence-electron chi connectivity index (χ0n) is 12.9. The van der Waals surface area contributed by atoms with E-state index >= 15 is 0 Å². The van der Waals surface area contributed by atoms with E-state index in [0.29, 0.717) is 34.8 Å². The first-order chi connectivity index (χ1) is 11.6. The lowest BCUT2D eigenvalue weighted by Crippen LogP contribution is -2.29. The number of anilines is 1. The van der Waals surface area contributed by atoms with Crippen LogP contribution < -0.4 is 10.2 Å². The van der Waals surface area contributed by atoms with Gasteiger partial charge < -0.3 is 10.2 Å². The molecule has 0 saturated carbocycles. The number of hydrogen-bond donors (Lipinski definition) is 1. The van der Waals surface area contributed by atoms with Gasteiger partial charge in [0.1, 0.15) is 5.82 Å². The molecule has 24 heavy (non-hydrogen) atoms. The van der Waals surface area contributed by atoms with Crippen LogP contribution in [-0.2, 0) is 11.3 Å². The average molecular weight is 347 g/mol. The molecule has 0 bridgehead atoms. The van der Waals surface area contributed by atoms with Gasteiger partial charge in [0.05, 0.1) is 11.3 Å². The van der Waals surface area contributed by atoms with Crippen LogP contribution in [0.2, 0.25) is 5.02 Å². The minimum Gasteiger partial charge on any atom is -0.348 e. The molecule has 0 spiro atoms. The Bertz CT molecular complexity index is 794. The maximum absolute atomic E-state index is 13.6. The summed E-state index contributed by atoms with van der Waals surface area (Å²) in [5, 5.41) is 3.15. The second-order valence-electron chi connectivity index (χ2n) is 5.58. The van der Waals surface area contributed by atoms with Crippen molar-refractivity contribution in [2.24, 2.45) is 0 Å². The van der Waals surface area contributed by atoms with Crippen LogP contribution in [0, 0.1) is 5.82 Å². The summed E-state index contributed by atoms with van der Waals surface area (Å²) in [7, 11) is 0. The van der Waals surface area contributed by atoms with Crippen molar-refractivity contribution in [2.45, 2.75) is 19.4 Å². The van der Waals surface area contributed by atoms with E-state index in [4.69, 9.17) is 11.6 Å². The van der Waals surface area contributed by atoms with E-state index in [0.717, 1.165) is 6.42 Å². The minimum absolute atomic E-state index is 0.0274. The summed E-state index contributed by atoms with van der Waals surface area (Å²) >= 11 is 6.02. The SMILES string of the molecule is O=C(NCc1ccccc1F)c1ccc(Cl)cc1N1CCCC1=O. The summed E-state index contributed by atoms with van der Waals surface area (Å²) in [6.07, 6.45) is 1.21. The quantitative estimate of drug-likeness (QED) is 0.920. The summed E-state index contributed by atoms with van der Waals surface area (Å²) in [4.78, 5) is 26.1. The third kappa shape index (κ3) is 3.41. The number of carbonyl (C=O) groups excluding carboxylic acids is 2. The van der Waals surface area contributed by atoms with Crippen molar-refractivity contribution < 1.29 is 14.0 Å². The molecule has 6 heteroatoms. The van der Waals surface area contributed by atoms with Gasteiger partial charge in [-0.05, 0) is 30.7 Å². The van der Waals surface area contributed by atoms with E-state index < -0.39 is 0 Å². The molecule has 2 aromatic carbocycles. The molecule has 3 rings (SSSR count). The third-order valence-corrected chi connectivity index (χ3v) is 4.20. The van der Waals surface area contributed by atoms with Crippen molar-refractivity contribution in [1.29, 1.82) is 0 Å². The highest BCUT2D eigenvalue weighted by Crippen LogP contribution is 2.28. The van der Waals surface area contributed by atoms with E-state index in [-0.39, 0.29) is 24.2 Å². The summed E-state index contributed by atoms with van der Waals surface area (Å²) in [6.45, 7) is 0.633. The molecule has 0 unspecified atom stereocenters. The van der Waals surface area contributed by atoms with Gasteiger partial charge in [0.25, 0.3) is 5.91 Å². The van der Waals surface area contributed by atoms with E-state index in [2.05, 4.69) is 5.32 Å². The van der Waals surface area contributed by atoms with Gasteiger partial charge in [0.15, 0.2) is 0 Å². The number of rotatable bonds is 4. The van der Waals surface area contributed by atoms with Crippen molar-refractivity contribution in [3.8, 4) is 0 Å². The van der Waals surface area contributed by atoms with Crippen LogP contribution in [0.1, 0.15) is 28.8 Å². The van der Waals surface area contributed by atoms with Crippen LogP contribution in [-0.4, -0.2) is 18.4 Å². The Morgan fingerprint density at radius 1 is 1.25 bits per heavy atom. The highest BCUT2D eigenvalue weighted by atomic mass is 35.5. The first-order valence-corrected chi connectivity index (χ1v) is 8.05. The molecule has 1 N–H and O–H groups in total. The molecular weight excluding hydrogens is 331 g/mol.